The van der Waals surface area contributed by atoms with Gasteiger partial charge in [-0.25, -0.2) is 0 Å². The fraction of sp³-hybridized carbons (Fsp3) is 0.636. The highest BCUT2D eigenvalue weighted by molar-refractivity contribution is 9.10. The fourth-order valence-electron chi connectivity index (χ4n) is 1.79. The molecule has 0 spiro atoms. The Bertz CT molecular complexity index is 350. The van der Waals surface area contributed by atoms with Crippen LogP contribution in [0.4, 0.5) is 0 Å². The first kappa shape index (κ1) is 12.5. The molecule has 1 aliphatic rings. The zero-order chi connectivity index (χ0) is 11.6. The Hall–Kier alpha value is 0.0300. The van der Waals surface area contributed by atoms with E-state index in [1.165, 1.54) is 0 Å². The van der Waals surface area contributed by atoms with Gasteiger partial charge in [-0.2, -0.15) is 11.8 Å². The van der Waals surface area contributed by atoms with Gasteiger partial charge in [-0.3, -0.25) is 0 Å². The van der Waals surface area contributed by atoms with Crippen LogP contribution in [0.2, 0.25) is 0 Å². The van der Waals surface area contributed by atoms with Crippen LogP contribution in [0, 0.1) is 0 Å². The van der Waals surface area contributed by atoms with E-state index in [1.807, 2.05) is 24.8 Å². The van der Waals surface area contributed by atoms with Crippen LogP contribution in [0.5, 0.6) is 0 Å². The quantitative estimate of drug-likeness (QED) is 0.897. The average molecular weight is 306 g/mol. The fourth-order valence-corrected chi connectivity index (χ4v) is 3.63. The highest BCUT2D eigenvalue weighted by Gasteiger charge is 2.32. The minimum absolute atomic E-state index is 0.110. The van der Waals surface area contributed by atoms with Crippen molar-refractivity contribution in [2.75, 3.05) is 18.1 Å². The Balaban J connectivity index is 1.88. The molecule has 0 amide bonds. The van der Waals surface area contributed by atoms with Crippen LogP contribution in [-0.4, -0.2) is 28.8 Å². The monoisotopic (exact) mass is 305 g/mol. The molecule has 16 heavy (non-hydrogen) atoms. The summed E-state index contributed by atoms with van der Waals surface area (Å²) in [6.45, 7) is 2.66. The molecule has 3 nitrogen and oxygen atoms in total. The van der Waals surface area contributed by atoms with Gasteiger partial charge in [0.1, 0.15) is 5.76 Å². The van der Waals surface area contributed by atoms with Gasteiger partial charge in [-0.15, -0.1) is 0 Å². The normalized spacial score (nSPS) is 27.2. The minimum Gasteiger partial charge on any atom is -0.466 e. The van der Waals surface area contributed by atoms with E-state index in [4.69, 9.17) is 4.42 Å². The smallest absolute Gasteiger partial charge is 0.134 e. The average Bonchev–Trinajstić information content (AvgIpc) is 2.85. The highest BCUT2D eigenvalue weighted by atomic mass is 79.9. The van der Waals surface area contributed by atoms with Gasteiger partial charge in [-0.1, -0.05) is 0 Å². The van der Waals surface area contributed by atoms with Gasteiger partial charge in [0.05, 0.1) is 22.4 Å². The lowest BCUT2D eigenvalue weighted by molar-refractivity contribution is 0.0644. The van der Waals surface area contributed by atoms with Crippen molar-refractivity contribution < 1.29 is 9.52 Å². The van der Waals surface area contributed by atoms with Crippen LogP contribution in [0.15, 0.2) is 21.2 Å². The van der Waals surface area contributed by atoms with E-state index in [2.05, 4.69) is 21.2 Å². The molecule has 1 aromatic heterocycles. The van der Waals surface area contributed by atoms with E-state index >= 15 is 0 Å². The van der Waals surface area contributed by atoms with Crippen LogP contribution >= 0.6 is 27.7 Å². The number of aliphatic hydroxyl groups is 1. The molecule has 0 aliphatic carbocycles. The standard InChI is InChI=1S/C11H16BrNO2S/c1-8(10-9(12)2-4-15-10)13-6-11(14)3-5-16-7-11/h2,4,8,13-14H,3,5-7H2,1H3. The number of hydrogen-bond donors (Lipinski definition) is 2. The van der Waals surface area contributed by atoms with Crippen LogP contribution in [-0.2, 0) is 0 Å². The van der Waals surface area contributed by atoms with Crippen LogP contribution in [0.1, 0.15) is 25.1 Å². The third kappa shape index (κ3) is 2.83. The molecule has 1 aliphatic heterocycles. The number of nitrogens with one attached hydrogen (secondary N) is 1. The number of furan rings is 1. The predicted octanol–water partition coefficient (Wildman–Crippen LogP) is 2.56. The van der Waals surface area contributed by atoms with Crippen LogP contribution in [0.25, 0.3) is 0 Å². The molecule has 0 saturated carbocycles. The number of halogens is 1. The van der Waals surface area contributed by atoms with Crippen molar-refractivity contribution in [2.45, 2.75) is 25.0 Å². The first-order valence-corrected chi connectivity index (χ1v) is 7.32. The Kier molecular flexibility index (Phi) is 4.00. The molecule has 2 atom stereocenters. The SMILES string of the molecule is CC(NCC1(O)CCSC1)c1occc1Br. The lowest BCUT2D eigenvalue weighted by Crippen LogP contribution is -2.41. The second-order valence-electron chi connectivity index (χ2n) is 4.26. The molecule has 0 radical (unpaired) electrons. The van der Waals surface area contributed by atoms with Crippen molar-refractivity contribution in [3.63, 3.8) is 0 Å². The maximum Gasteiger partial charge on any atom is 0.134 e. The van der Waals surface area contributed by atoms with Gasteiger partial charge in [-0.05, 0) is 41.1 Å². The van der Waals surface area contributed by atoms with Gasteiger partial charge in [0.15, 0.2) is 0 Å². The zero-order valence-electron chi connectivity index (χ0n) is 9.20. The largest absolute Gasteiger partial charge is 0.466 e. The Labute approximate surface area is 108 Å². The second-order valence-corrected chi connectivity index (χ2v) is 6.22. The summed E-state index contributed by atoms with van der Waals surface area (Å²) in [5.74, 6) is 2.76. The molecule has 1 fully saturated rings. The summed E-state index contributed by atoms with van der Waals surface area (Å²) in [4.78, 5) is 0. The lowest BCUT2D eigenvalue weighted by Gasteiger charge is -2.24. The van der Waals surface area contributed by atoms with Gasteiger partial charge in [0.2, 0.25) is 0 Å². The summed E-state index contributed by atoms with van der Waals surface area (Å²) in [5, 5.41) is 13.5. The van der Waals surface area contributed by atoms with E-state index in [0.717, 1.165) is 28.2 Å². The number of hydrogen-bond acceptors (Lipinski definition) is 4. The Morgan fingerprint density at radius 2 is 2.56 bits per heavy atom. The first-order chi connectivity index (χ1) is 7.61. The van der Waals surface area contributed by atoms with Gasteiger partial charge in [0.25, 0.3) is 0 Å². The molecular weight excluding hydrogens is 290 g/mol. The maximum absolute atomic E-state index is 10.2. The number of rotatable bonds is 4. The molecule has 0 aromatic carbocycles. The van der Waals surface area contributed by atoms with Crippen molar-refractivity contribution in [3.8, 4) is 0 Å². The lowest BCUT2D eigenvalue weighted by atomic mass is 10.0. The van der Waals surface area contributed by atoms with E-state index in [0.29, 0.717) is 6.54 Å². The highest BCUT2D eigenvalue weighted by Crippen LogP contribution is 2.29. The zero-order valence-corrected chi connectivity index (χ0v) is 11.6. The molecule has 2 heterocycles. The Morgan fingerprint density at radius 3 is 3.12 bits per heavy atom. The minimum atomic E-state index is -0.544. The second kappa shape index (κ2) is 5.12. The molecule has 2 rings (SSSR count). The van der Waals surface area contributed by atoms with Gasteiger partial charge < -0.3 is 14.8 Å². The third-order valence-corrected chi connectivity index (χ3v) is 4.75. The Morgan fingerprint density at radius 1 is 1.75 bits per heavy atom. The first-order valence-electron chi connectivity index (χ1n) is 5.37. The summed E-state index contributed by atoms with van der Waals surface area (Å²) >= 11 is 5.24. The van der Waals surface area contributed by atoms with Crippen molar-refractivity contribution >= 4 is 27.7 Å². The summed E-state index contributed by atoms with van der Waals surface area (Å²) in [5.41, 5.74) is -0.544. The van der Waals surface area contributed by atoms with Gasteiger partial charge >= 0.3 is 0 Å². The van der Waals surface area contributed by atoms with E-state index in [-0.39, 0.29) is 6.04 Å². The molecule has 5 heteroatoms. The van der Waals surface area contributed by atoms with Crippen molar-refractivity contribution in [1.29, 1.82) is 0 Å². The van der Waals surface area contributed by atoms with Crippen molar-refractivity contribution in [3.05, 3.63) is 22.6 Å². The summed E-state index contributed by atoms with van der Waals surface area (Å²) in [6, 6.07) is 1.99. The topological polar surface area (TPSA) is 45.4 Å². The molecule has 90 valence electrons. The van der Waals surface area contributed by atoms with Crippen molar-refractivity contribution in [1.82, 2.24) is 5.32 Å². The molecule has 1 aromatic rings. The van der Waals surface area contributed by atoms with Crippen LogP contribution < -0.4 is 5.32 Å². The predicted molar refractivity (Wildman–Crippen MR) is 69.7 cm³/mol. The molecule has 2 N–H and O–H groups in total. The van der Waals surface area contributed by atoms with Crippen LogP contribution in [0.3, 0.4) is 0 Å². The van der Waals surface area contributed by atoms with E-state index in [9.17, 15) is 5.11 Å². The molecular formula is C11H16BrNO2S. The molecule has 2 unspecified atom stereocenters. The van der Waals surface area contributed by atoms with E-state index < -0.39 is 5.60 Å². The van der Waals surface area contributed by atoms with Crippen molar-refractivity contribution in [2.24, 2.45) is 0 Å². The molecule has 1 saturated heterocycles. The summed E-state index contributed by atoms with van der Waals surface area (Å²) < 4.78 is 6.35. The maximum atomic E-state index is 10.2. The third-order valence-electron chi connectivity index (χ3n) is 2.86. The summed E-state index contributed by atoms with van der Waals surface area (Å²) in [7, 11) is 0. The molecule has 0 bridgehead atoms. The summed E-state index contributed by atoms with van der Waals surface area (Å²) in [6.07, 6.45) is 2.54. The number of thioether (sulfide) groups is 1. The van der Waals surface area contributed by atoms with Gasteiger partial charge in [0, 0.05) is 12.3 Å². The van der Waals surface area contributed by atoms with E-state index in [1.54, 1.807) is 6.26 Å².